The van der Waals surface area contributed by atoms with Crippen molar-refractivity contribution in [3.05, 3.63) is 18.4 Å². The van der Waals surface area contributed by atoms with Crippen molar-refractivity contribution < 1.29 is 18.7 Å². The topological polar surface area (TPSA) is 107 Å². The number of amides is 1. The minimum Gasteiger partial charge on any atom is -0.468 e. The molecule has 2 aliphatic heterocycles. The van der Waals surface area contributed by atoms with Gasteiger partial charge in [-0.25, -0.2) is 19.2 Å². The molecule has 0 radical (unpaired) electrons. The average molecular weight is 445 g/mol. The number of ether oxygens (including phenoxy) is 2. The first-order valence-corrected chi connectivity index (χ1v) is 10.7. The fourth-order valence-electron chi connectivity index (χ4n) is 3.59. The molecule has 2 aromatic rings. The van der Waals surface area contributed by atoms with Crippen LogP contribution in [0.5, 0.6) is 5.88 Å². The van der Waals surface area contributed by atoms with Crippen molar-refractivity contribution in [2.24, 2.45) is 4.99 Å². The second-order valence-corrected chi connectivity index (χ2v) is 8.81. The summed E-state index contributed by atoms with van der Waals surface area (Å²) in [4.78, 5) is 31.3. The summed E-state index contributed by atoms with van der Waals surface area (Å²) in [6.07, 6.45) is 2.15. The standard InChI is InChI=1S/C21H28FN7O3/c1-6-29-17(13-7-23-12(2)24-8-13)27-16-18(29)25-11-26-19(16)31-15-10-28(9-14(15)22)20(30)32-21(3,4)5/h7-8,11-12,14-15,23H,6,9-10H2,1-5H3. The number of hydrogen-bond acceptors (Lipinski definition) is 8. The molecule has 0 bridgehead atoms. The molecule has 0 aliphatic carbocycles. The van der Waals surface area contributed by atoms with Crippen LogP contribution in [-0.2, 0) is 11.3 Å². The molecule has 4 heterocycles. The van der Waals surface area contributed by atoms with E-state index in [4.69, 9.17) is 9.47 Å². The Balaban J connectivity index is 1.59. The predicted octanol–water partition coefficient (Wildman–Crippen LogP) is 2.54. The zero-order valence-electron chi connectivity index (χ0n) is 18.9. The number of nitrogens with zero attached hydrogens (tertiary/aromatic N) is 6. The molecule has 32 heavy (non-hydrogen) atoms. The van der Waals surface area contributed by atoms with E-state index in [1.807, 2.05) is 24.6 Å². The summed E-state index contributed by atoms with van der Waals surface area (Å²) in [7, 11) is 0. The van der Waals surface area contributed by atoms with Gasteiger partial charge in [-0.05, 0) is 34.6 Å². The number of carbonyl (C=O) groups excluding carboxylic acids is 1. The molecule has 0 spiro atoms. The van der Waals surface area contributed by atoms with E-state index >= 15 is 0 Å². The Labute approximate surface area is 185 Å². The van der Waals surface area contributed by atoms with Crippen molar-refractivity contribution in [2.75, 3.05) is 13.1 Å². The quantitative estimate of drug-likeness (QED) is 0.771. The Kier molecular flexibility index (Phi) is 5.74. The number of allylic oxidation sites excluding steroid dienone is 1. The van der Waals surface area contributed by atoms with Crippen molar-refractivity contribution in [2.45, 2.75) is 65.2 Å². The van der Waals surface area contributed by atoms with Gasteiger partial charge in [-0.2, -0.15) is 4.98 Å². The van der Waals surface area contributed by atoms with Crippen LogP contribution in [0.15, 0.2) is 17.5 Å². The first-order valence-electron chi connectivity index (χ1n) is 10.7. The summed E-state index contributed by atoms with van der Waals surface area (Å²) in [6, 6.07) is 0. The molecular weight excluding hydrogens is 417 g/mol. The third-order valence-corrected chi connectivity index (χ3v) is 5.10. The lowest BCUT2D eigenvalue weighted by Gasteiger charge is -2.24. The number of nitrogens with one attached hydrogen (secondary N) is 1. The number of rotatable bonds is 4. The van der Waals surface area contributed by atoms with E-state index in [1.54, 1.807) is 27.0 Å². The van der Waals surface area contributed by atoms with Gasteiger partial charge < -0.3 is 24.3 Å². The summed E-state index contributed by atoms with van der Waals surface area (Å²) in [5.74, 6) is 0.839. The summed E-state index contributed by atoms with van der Waals surface area (Å²) in [5, 5.41) is 3.16. The molecule has 2 aromatic heterocycles. The zero-order valence-corrected chi connectivity index (χ0v) is 18.9. The predicted molar refractivity (Wildman–Crippen MR) is 117 cm³/mol. The fourth-order valence-corrected chi connectivity index (χ4v) is 3.59. The number of alkyl halides is 1. The van der Waals surface area contributed by atoms with Gasteiger partial charge in [0.25, 0.3) is 0 Å². The van der Waals surface area contributed by atoms with Gasteiger partial charge in [0.1, 0.15) is 23.9 Å². The van der Waals surface area contributed by atoms with Gasteiger partial charge >= 0.3 is 6.09 Å². The number of carbonyl (C=O) groups is 1. The number of aromatic nitrogens is 4. The smallest absolute Gasteiger partial charge is 0.410 e. The zero-order chi connectivity index (χ0) is 23.0. The normalized spacial score (nSPS) is 23.2. The van der Waals surface area contributed by atoms with Crippen molar-refractivity contribution in [1.82, 2.24) is 29.7 Å². The van der Waals surface area contributed by atoms with Crippen LogP contribution in [0.2, 0.25) is 0 Å². The molecule has 0 aromatic carbocycles. The van der Waals surface area contributed by atoms with E-state index in [1.165, 1.54) is 11.2 Å². The Bertz CT molecular complexity index is 1080. The summed E-state index contributed by atoms with van der Waals surface area (Å²) in [6.45, 7) is 9.80. The van der Waals surface area contributed by atoms with Crippen LogP contribution in [0.3, 0.4) is 0 Å². The van der Waals surface area contributed by atoms with E-state index in [0.717, 1.165) is 5.57 Å². The molecule has 3 unspecified atom stereocenters. The van der Waals surface area contributed by atoms with Crippen molar-refractivity contribution in [3.63, 3.8) is 0 Å². The summed E-state index contributed by atoms with van der Waals surface area (Å²) in [5.41, 5.74) is 1.15. The molecule has 3 atom stereocenters. The highest BCUT2D eigenvalue weighted by molar-refractivity contribution is 6.09. The van der Waals surface area contributed by atoms with Crippen molar-refractivity contribution >= 4 is 29.0 Å². The molecule has 11 heteroatoms. The van der Waals surface area contributed by atoms with Crippen LogP contribution in [0.1, 0.15) is 40.4 Å². The second-order valence-electron chi connectivity index (χ2n) is 8.81. The van der Waals surface area contributed by atoms with E-state index in [9.17, 15) is 9.18 Å². The average Bonchev–Trinajstić information content (AvgIpc) is 3.28. The van der Waals surface area contributed by atoms with Gasteiger partial charge in [0, 0.05) is 19.0 Å². The maximum atomic E-state index is 14.7. The van der Waals surface area contributed by atoms with Gasteiger partial charge in [0.05, 0.1) is 18.7 Å². The molecule has 10 nitrogen and oxygen atoms in total. The Morgan fingerprint density at radius 3 is 2.75 bits per heavy atom. The maximum absolute atomic E-state index is 14.7. The highest BCUT2D eigenvalue weighted by Gasteiger charge is 2.39. The van der Waals surface area contributed by atoms with Crippen LogP contribution in [0.4, 0.5) is 9.18 Å². The van der Waals surface area contributed by atoms with Gasteiger partial charge in [-0.3, -0.25) is 4.99 Å². The van der Waals surface area contributed by atoms with Crippen LogP contribution < -0.4 is 10.1 Å². The fraction of sp³-hybridized carbons (Fsp3) is 0.571. The number of halogens is 1. The molecule has 2 aliphatic rings. The number of hydrogen-bond donors (Lipinski definition) is 1. The minimum atomic E-state index is -1.38. The number of aliphatic imine (C=N–C) groups is 1. The minimum absolute atomic E-state index is 0.00587. The lowest BCUT2D eigenvalue weighted by molar-refractivity contribution is 0.0273. The Morgan fingerprint density at radius 1 is 1.31 bits per heavy atom. The Hall–Kier alpha value is -3.24. The third-order valence-electron chi connectivity index (χ3n) is 5.10. The van der Waals surface area contributed by atoms with E-state index in [-0.39, 0.29) is 25.1 Å². The summed E-state index contributed by atoms with van der Waals surface area (Å²) >= 11 is 0. The van der Waals surface area contributed by atoms with Crippen LogP contribution in [0, 0.1) is 0 Å². The Morgan fingerprint density at radius 2 is 2.09 bits per heavy atom. The molecule has 1 saturated heterocycles. The molecule has 1 amide bonds. The van der Waals surface area contributed by atoms with Crippen molar-refractivity contribution in [3.8, 4) is 5.88 Å². The second kappa shape index (κ2) is 8.36. The number of likely N-dealkylation sites (tertiary alicyclic amines) is 1. The number of fused-ring (bicyclic) bond motifs is 1. The highest BCUT2D eigenvalue weighted by Crippen LogP contribution is 2.28. The molecule has 172 valence electrons. The van der Waals surface area contributed by atoms with Gasteiger partial charge in [0.2, 0.25) is 5.88 Å². The molecule has 1 fully saturated rings. The van der Waals surface area contributed by atoms with E-state index in [2.05, 4.69) is 25.3 Å². The molecular formula is C21H28FN7O3. The maximum Gasteiger partial charge on any atom is 0.410 e. The van der Waals surface area contributed by atoms with Crippen LogP contribution >= 0.6 is 0 Å². The van der Waals surface area contributed by atoms with Gasteiger partial charge in [-0.15, -0.1) is 0 Å². The molecule has 4 rings (SSSR count). The molecule has 0 saturated carbocycles. The van der Waals surface area contributed by atoms with E-state index < -0.39 is 24.0 Å². The number of aryl methyl sites for hydroxylation is 1. The van der Waals surface area contributed by atoms with Gasteiger partial charge in [-0.1, -0.05) is 0 Å². The van der Waals surface area contributed by atoms with Crippen LogP contribution in [0.25, 0.3) is 16.7 Å². The first-order chi connectivity index (χ1) is 15.2. The summed E-state index contributed by atoms with van der Waals surface area (Å²) < 4.78 is 27.9. The largest absolute Gasteiger partial charge is 0.468 e. The first kappa shape index (κ1) is 22.0. The van der Waals surface area contributed by atoms with Gasteiger partial charge in [0.15, 0.2) is 23.4 Å². The highest BCUT2D eigenvalue weighted by atomic mass is 19.1. The lowest BCUT2D eigenvalue weighted by Crippen LogP contribution is -2.36. The third kappa shape index (κ3) is 4.37. The van der Waals surface area contributed by atoms with Crippen molar-refractivity contribution in [1.29, 1.82) is 0 Å². The van der Waals surface area contributed by atoms with Crippen LogP contribution in [-0.4, -0.2) is 73.9 Å². The monoisotopic (exact) mass is 445 g/mol. The molecule has 1 N–H and O–H groups in total. The SMILES string of the molecule is CCn1c(C2=CNC(C)N=C2)nc2c(OC3CN(C(=O)OC(C)(C)C)CC3F)ncnc21. The lowest BCUT2D eigenvalue weighted by atomic mass is 10.2. The number of imidazole rings is 1. The van der Waals surface area contributed by atoms with E-state index in [0.29, 0.717) is 23.5 Å².